The highest BCUT2D eigenvalue weighted by atomic mass is 16.5. The molecule has 0 saturated heterocycles. The monoisotopic (exact) mass is 513 g/mol. The second kappa shape index (κ2) is 13.3. The highest BCUT2D eigenvalue weighted by Gasteiger charge is 2.41. The van der Waals surface area contributed by atoms with Gasteiger partial charge in [0.1, 0.15) is 12.1 Å². The quantitative estimate of drug-likeness (QED) is 0.144. The van der Waals surface area contributed by atoms with Crippen LogP contribution in [0.2, 0.25) is 0 Å². The molecule has 204 valence electrons. The van der Waals surface area contributed by atoms with E-state index in [0.29, 0.717) is 5.57 Å². The highest BCUT2D eigenvalue weighted by Crippen LogP contribution is 2.31. The Balaban J connectivity index is 3.36. The Kier molecular flexibility index (Phi) is 11.4. The lowest BCUT2D eigenvalue weighted by atomic mass is 9.77. The standard InChI is InChI=1S/C28H43N5O4/c1-11-37-26(36)19(4)17-21(18(2)3)33(10)25(35)23(27(5,6)7)30-24(34)22(31-32-29)28(8,9)20-15-13-12-14-16-20/h12-18,21-23H,11H2,1-10H3,(H,30,34)/b19-17+/t21-,22+,23-/m1/s1. The molecule has 1 rings (SSSR count). The minimum Gasteiger partial charge on any atom is -0.463 e. The molecule has 0 spiro atoms. The van der Waals surface area contributed by atoms with Crippen LogP contribution >= 0.6 is 0 Å². The second-order valence-corrected chi connectivity index (χ2v) is 11.3. The molecule has 3 atom stereocenters. The van der Waals surface area contributed by atoms with E-state index in [1.807, 2.05) is 78.8 Å². The van der Waals surface area contributed by atoms with E-state index in [0.717, 1.165) is 5.56 Å². The van der Waals surface area contributed by atoms with E-state index < -0.39 is 40.8 Å². The zero-order valence-electron chi connectivity index (χ0n) is 23.9. The van der Waals surface area contributed by atoms with Gasteiger partial charge in [-0.25, -0.2) is 4.79 Å². The lowest BCUT2D eigenvalue weighted by molar-refractivity contribution is -0.141. The molecule has 1 aromatic rings. The maximum Gasteiger partial charge on any atom is 0.333 e. The molecule has 0 aliphatic rings. The third-order valence-electron chi connectivity index (χ3n) is 6.51. The first-order valence-corrected chi connectivity index (χ1v) is 12.6. The van der Waals surface area contributed by atoms with Crippen molar-refractivity contribution in [1.82, 2.24) is 10.2 Å². The van der Waals surface area contributed by atoms with Crippen LogP contribution in [0.25, 0.3) is 10.4 Å². The molecule has 0 aliphatic heterocycles. The van der Waals surface area contributed by atoms with Gasteiger partial charge in [0.2, 0.25) is 11.8 Å². The number of nitrogens with one attached hydrogen (secondary N) is 1. The predicted molar refractivity (Wildman–Crippen MR) is 146 cm³/mol. The van der Waals surface area contributed by atoms with Crippen molar-refractivity contribution in [2.45, 2.75) is 85.9 Å². The number of nitrogens with zero attached hydrogens (tertiary/aromatic N) is 4. The zero-order chi connectivity index (χ0) is 28.6. The minimum absolute atomic E-state index is 0.0115. The number of hydrogen-bond donors (Lipinski definition) is 1. The Morgan fingerprint density at radius 2 is 1.70 bits per heavy atom. The first-order chi connectivity index (χ1) is 17.1. The third-order valence-corrected chi connectivity index (χ3v) is 6.51. The fourth-order valence-corrected chi connectivity index (χ4v) is 4.14. The van der Waals surface area contributed by atoms with E-state index in [1.165, 1.54) is 0 Å². The van der Waals surface area contributed by atoms with Crippen molar-refractivity contribution in [2.24, 2.45) is 16.4 Å². The van der Waals surface area contributed by atoms with Crippen molar-refractivity contribution in [1.29, 1.82) is 0 Å². The molecule has 0 aromatic heterocycles. The number of hydrogen-bond acceptors (Lipinski definition) is 5. The minimum atomic E-state index is -1.09. The summed E-state index contributed by atoms with van der Waals surface area (Å²) in [6, 6.07) is 6.92. The number of azide groups is 1. The first kappa shape index (κ1) is 31.7. The van der Waals surface area contributed by atoms with Gasteiger partial charge in [0.25, 0.3) is 0 Å². The Labute approximate surface area is 221 Å². The van der Waals surface area contributed by atoms with Gasteiger partial charge in [-0.2, -0.15) is 0 Å². The molecule has 9 nitrogen and oxygen atoms in total. The van der Waals surface area contributed by atoms with Gasteiger partial charge < -0.3 is 15.0 Å². The Morgan fingerprint density at radius 1 is 1.14 bits per heavy atom. The summed E-state index contributed by atoms with van der Waals surface area (Å²) in [5.74, 6) is -1.30. The SMILES string of the molecule is CCOC(=O)/C(C)=C/[C@H](C(C)C)N(C)C(=O)[C@@H](NC(=O)[C@H](N=[N+]=[N-])C(C)(C)c1ccccc1)C(C)(C)C. The average molecular weight is 514 g/mol. The molecule has 0 radical (unpaired) electrons. The van der Waals surface area contributed by atoms with Gasteiger partial charge >= 0.3 is 5.97 Å². The molecular weight excluding hydrogens is 470 g/mol. The van der Waals surface area contributed by atoms with Crippen molar-refractivity contribution in [3.05, 3.63) is 58.0 Å². The molecule has 9 heteroatoms. The van der Waals surface area contributed by atoms with Crippen LogP contribution in [-0.2, 0) is 24.5 Å². The fraction of sp³-hybridized carbons (Fsp3) is 0.607. The van der Waals surface area contributed by atoms with Gasteiger partial charge in [0.15, 0.2) is 0 Å². The Hall–Kier alpha value is -3.32. The molecule has 0 aliphatic carbocycles. The Morgan fingerprint density at radius 3 is 2.16 bits per heavy atom. The van der Waals surface area contributed by atoms with E-state index in [-0.39, 0.29) is 18.4 Å². The van der Waals surface area contributed by atoms with Gasteiger partial charge in [-0.05, 0) is 36.3 Å². The number of likely N-dealkylation sites (N-methyl/N-ethyl adjacent to an activating group) is 1. The van der Waals surface area contributed by atoms with Crippen molar-refractivity contribution in [3.63, 3.8) is 0 Å². The summed E-state index contributed by atoms with van der Waals surface area (Å²) in [6.45, 7) is 16.8. The molecule has 2 amide bonds. The van der Waals surface area contributed by atoms with E-state index in [2.05, 4.69) is 15.3 Å². The largest absolute Gasteiger partial charge is 0.463 e. The van der Waals surface area contributed by atoms with Crippen LogP contribution < -0.4 is 5.32 Å². The number of carbonyl (C=O) groups excluding carboxylic acids is 3. The molecule has 1 aromatic carbocycles. The summed E-state index contributed by atoms with van der Waals surface area (Å²) in [5, 5.41) is 6.72. The van der Waals surface area contributed by atoms with Crippen LogP contribution in [0.3, 0.4) is 0 Å². The van der Waals surface area contributed by atoms with Gasteiger partial charge in [0.05, 0.1) is 12.6 Å². The predicted octanol–water partition coefficient (Wildman–Crippen LogP) is 5.17. The fourth-order valence-electron chi connectivity index (χ4n) is 4.14. The topological polar surface area (TPSA) is 124 Å². The zero-order valence-corrected chi connectivity index (χ0v) is 23.9. The number of carbonyl (C=O) groups is 3. The van der Waals surface area contributed by atoms with Crippen LogP contribution in [-0.4, -0.2) is 54.5 Å². The molecule has 1 N–H and O–H groups in total. The van der Waals surface area contributed by atoms with Crippen LogP contribution in [0.15, 0.2) is 47.1 Å². The molecule has 0 heterocycles. The molecule has 0 bridgehead atoms. The summed E-state index contributed by atoms with van der Waals surface area (Å²) >= 11 is 0. The van der Waals surface area contributed by atoms with Gasteiger partial charge in [0, 0.05) is 22.9 Å². The smallest absolute Gasteiger partial charge is 0.333 e. The van der Waals surface area contributed by atoms with E-state index in [4.69, 9.17) is 4.74 Å². The number of ether oxygens (including phenoxy) is 1. The van der Waals surface area contributed by atoms with E-state index >= 15 is 0 Å². The number of benzene rings is 1. The van der Waals surface area contributed by atoms with Gasteiger partial charge in [-0.15, -0.1) is 0 Å². The van der Waals surface area contributed by atoms with Crippen molar-refractivity contribution in [3.8, 4) is 0 Å². The summed E-state index contributed by atoms with van der Waals surface area (Å²) in [4.78, 5) is 44.0. The highest BCUT2D eigenvalue weighted by molar-refractivity contribution is 5.92. The van der Waals surface area contributed by atoms with Crippen molar-refractivity contribution < 1.29 is 19.1 Å². The summed E-state index contributed by atoms with van der Waals surface area (Å²) in [6.07, 6.45) is 1.73. The second-order valence-electron chi connectivity index (χ2n) is 11.3. The summed E-state index contributed by atoms with van der Waals surface area (Å²) < 4.78 is 5.09. The third kappa shape index (κ3) is 8.35. The lowest BCUT2D eigenvalue weighted by Crippen LogP contribution is -2.59. The summed E-state index contributed by atoms with van der Waals surface area (Å²) in [7, 11) is 1.66. The van der Waals surface area contributed by atoms with E-state index in [9.17, 15) is 19.9 Å². The number of amides is 2. The maximum atomic E-state index is 13.8. The molecule has 0 fully saturated rings. The number of esters is 1. The maximum absolute atomic E-state index is 13.8. The van der Waals surface area contributed by atoms with Crippen LogP contribution in [0.4, 0.5) is 0 Å². The molecular formula is C28H43N5O4. The van der Waals surface area contributed by atoms with Crippen molar-refractivity contribution in [2.75, 3.05) is 13.7 Å². The normalized spacial score (nSPS) is 14.7. The molecule has 0 saturated carbocycles. The van der Waals surface area contributed by atoms with E-state index in [1.54, 1.807) is 31.9 Å². The molecule has 0 unspecified atom stereocenters. The average Bonchev–Trinajstić information content (AvgIpc) is 2.82. The lowest BCUT2D eigenvalue weighted by Gasteiger charge is -2.39. The van der Waals surface area contributed by atoms with Gasteiger partial charge in [-0.3, -0.25) is 9.59 Å². The van der Waals surface area contributed by atoms with Crippen molar-refractivity contribution >= 4 is 17.8 Å². The first-order valence-electron chi connectivity index (χ1n) is 12.6. The molecule has 37 heavy (non-hydrogen) atoms. The van der Waals surface area contributed by atoms with Crippen LogP contribution in [0.5, 0.6) is 0 Å². The van der Waals surface area contributed by atoms with Crippen LogP contribution in [0.1, 0.15) is 67.9 Å². The van der Waals surface area contributed by atoms with Crippen LogP contribution in [0, 0.1) is 11.3 Å². The number of rotatable bonds is 11. The van der Waals surface area contributed by atoms with Gasteiger partial charge in [-0.1, -0.05) is 90.0 Å². The Bertz CT molecular complexity index is 1020. The summed E-state index contributed by atoms with van der Waals surface area (Å²) in [5.41, 5.74) is 9.01.